The molecule has 1 aliphatic carbocycles. The Labute approximate surface area is 137 Å². The van der Waals surface area contributed by atoms with E-state index in [-0.39, 0.29) is 24.2 Å². The number of nitrogens with one attached hydrogen (secondary N) is 3. The normalized spacial score (nSPS) is 13.1. The third-order valence-corrected chi connectivity index (χ3v) is 3.57. The van der Waals surface area contributed by atoms with Crippen LogP contribution < -0.4 is 16.0 Å². The van der Waals surface area contributed by atoms with Gasteiger partial charge < -0.3 is 16.0 Å². The molecule has 1 saturated carbocycles. The van der Waals surface area contributed by atoms with E-state index in [0.29, 0.717) is 18.7 Å². The van der Waals surface area contributed by atoms with E-state index in [1.54, 1.807) is 13.1 Å². The molecule has 2 rings (SSSR count). The molecule has 0 aromatic heterocycles. The van der Waals surface area contributed by atoms with Crippen molar-refractivity contribution >= 4 is 24.2 Å². The maximum absolute atomic E-state index is 11.6. The van der Waals surface area contributed by atoms with Gasteiger partial charge in [0.05, 0.1) is 6.54 Å². The standard InChI is InChI=1S/C16H23N3O2.ClH/c1-17-16(21)14-4-2-3-12(9-14)7-8-19-15(20)11-18-10-13-5-6-13;/h2-4,9,13,18H,5-8,10-11H2,1H3,(H,17,21)(H,19,20);1H. The molecule has 0 saturated heterocycles. The van der Waals surface area contributed by atoms with Crippen molar-refractivity contribution in [3.05, 3.63) is 35.4 Å². The van der Waals surface area contributed by atoms with Gasteiger partial charge in [-0.05, 0) is 49.4 Å². The Morgan fingerprint density at radius 3 is 2.73 bits per heavy atom. The lowest BCUT2D eigenvalue weighted by Gasteiger charge is -2.07. The van der Waals surface area contributed by atoms with Gasteiger partial charge in [0, 0.05) is 19.2 Å². The van der Waals surface area contributed by atoms with Crippen LogP contribution in [-0.4, -0.2) is 38.5 Å². The summed E-state index contributed by atoms with van der Waals surface area (Å²) < 4.78 is 0. The first-order valence-corrected chi connectivity index (χ1v) is 7.47. The number of halogens is 1. The lowest BCUT2D eigenvalue weighted by molar-refractivity contribution is -0.120. The maximum Gasteiger partial charge on any atom is 0.251 e. The Morgan fingerprint density at radius 2 is 2.05 bits per heavy atom. The first kappa shape index (κ1) is 18.5. The maximum atomic E-state index is 11.6. The van der Waals surface area contributed by atoms with Crippen LogP contribution in [0.15, 0.2) is 24.3 Å². The van der Waals surface area contributed by atoms with Crippen LogP contribution in [0.4, 0.5) is 0 Å². The van der Waals surface area contributed by atoms with Crippen LogP contribution in [0.25, 0.3) is 0 Å². The Kier molecular flexibility index (Phi) is 7.91. The number of hydrogen-bond acceptors (Lipinski definition) is 3. The van der Waals surface area contributed by atoms with Crippen molar-refractivity contribution in [2.45, 2.75) is 19.3 Å². The molecule has 0 atom stereocenters. The van der Waals surface area contributed by atoms with Crippen molar-refractivity contribution in [1.29, 1.82) is 0 Å². The average Bonchev–Trinajstić information content (AvgIpc) is 3.31. The molecule has 3 N–H and O–H groups in total. The summed E-state index contributed by atoms with van der Waals surface area (Å²) in [7, 11) is 1.61. The fourth-order valence-electron chi connectivity index (χ4n) is 2.13. The highest BCUT2D eigenvalue weighted by Crippen LogP contribution is 2.27. The summed E-state index contributed by atoms with van der Waals surface area (Å²) in [4.78, 5) is 23.2. The van der Waals surface area contributed by atoms with Crippen LogP contribution in [0.2, 0.25) is 0 Å². The molecule has 6 heteroatoms. The zero-order valence-electron chi connectivity index (χ0n) is 12.9. The Balaban J connectivity index is 0.00000242. The summed E-state index contributed by atoms with van der Waals surface area (Å²) in [6, 6.07) is 7.46. The van der Waals surface area contributed by atoms with Crippen molar-refractivity contribution in [3.8, 4) is 0 Å². The summed E-state index contributed by atoms with van der Waals surface area (Å²) in [5.74, 6) is 0.716. The lowest BCUT2D eigenvalue weighted by atomic mass is 10.1. The van der Waals surface area contributed by atoms with Gasteiger partial charge >= 0.3 is 0 Å². The molecule has 1 fully saturated rings. The van der Waals surface area contributed by atoms with Gasteiger partial charge in [0.25, 0.3) is 5.91 Å². The molecule has 1 aliphatic rings. The van der Waals surface area contributed by atoms with Gasteiger partial charge in [-0.3, -0.25) is 9.59 Å². The van der Waals surface area contributed by atoms with Gasteiger partial charge in [-0.2, -0.15) is 0 Å². The summed E-state index contributed by atoms with van der Waals surface area (Å²) >= 11 is 0. The number of benzene rings is 1. The van der Waals surface area contributed by atoms with Crippen LogP contribution in [0, 0.1) is 5.92 Å². The van der Waals surface area contributed by atoms with Crippen LogP contribution >= 0.6 is 12.4 Å². The summed E-state index contributed by atoms with van der Waals surface area (Å²) in [6.45, 7) is 1.91. The quantitative estimate of drug-likeness (QED) is 0.671. The SMILES string of the molecule is CNC(=O)c1cccc(CCNC(=O)CNCC2CC2)c1.Cl. The zero-order chi connectivity index (χ0) is 15.1. The molecule has 22 heavy (non-hydrogen) atoms. The highest BCUT2D eigenvalue weighted by atomic mass is 35.5. The molecule has 0 spiro atoms. The predicted molar refractivity (Wildman–Crippen MR) is 89.4 cm³/mol. The third kappa shape index (κ3) is 6.45. The second kappa shape index (κ2) is 9.43. The van der Waals surface area contributed by atoms with Crippen molar-refractivity contribution in [1.82, 2.24) is 16.0 Å². The van der Waals surface area contributed by atoms with E-state index in [2.05, 4.69) is 16.0 Å². The van der Waals surface area contributed by atoms with E-state index >= 15 is 0 Å². The zero-order valence-corrected chi connectivity index (χ0v) is 13.7. The fourth-order valence-corrected chi connectivity index (χ4v) is 2.13. The largest absolute Gasteiger partial charge is 0.355 e. The van der Waals surface area contributed by atoms with Crippen LogP contribution in [0.3, 0.4) is 0 Å². The highest BCUT2D eigenvalue weighted by molar-refractivity contribution is 5.94. The highest BCUT2D eigenvalue weighted by Gasteiger charge is 2.20. The summed E-state index contributed by atoms with van der Waals surface area (Å²) in [5.41, 5.74) is 1.69. The topological polar surface area (TPSA) is 70.2 Å². The van der Waals surface area contributed by atoms with Crippen molar-refractivity contribution in [2.24, 2.45) is 5.92 Å². The number of hydrogen-bond donors (Lipinski definition) is 3. The van der Waals surface area contributed by atoms with Crippen molar-refractivity contribution < 1.29 is 9.59 Å². The molecule has 122 valence electrons. The predicted octanol–water partition coefficient (Wildman–Crippen LogP) is 1.13. The minimum absolute atomic E-state index is 0. The number of carbonyl (C=O) groups is 2. The second-order valence-corrected chi connectivity index (χ2v) is 5.45. The number of rotatable bonds is 8. The van der Waals surface area contributed by atoms with Gasteiger partial charge in [-0.15, -0.1) is 12.4 Å². The molecule has 0 aliphatic heterocycles. The van der Waals surface area contributed by atoms with Gasteiger partial charge in [-0.1, -0.05) is 12.1 Å². The first-order chi connectivity index (χ1) is 10.2. The molecule has 5 nitrogen and oxygen atoms in total. The Morgan fingerprint density at radius 1 is 1.27 bits per heavy atom. The third-order valence-electron chi connectivity index (χ3n) is 3.57. The first-order valence-electron chi connectivity index (χ1n) is 7.47. The van der Waals surface area contributed by atoms with E-state index < -0.39 is 0 Å². The van der Waals surface area contributed by atoms with Crippen molar-refractivity contribution in [2.75, 3.05) is 26.7 Å². The molecule has 1 aromatic carbocycles. The average molecular weight is 326 g/mol. The lowest BCUT2D eigenvalue weighted by Crippen LogP contribution is -2.35. The molecule has 0 unspecified atom stereocenters. The van der Waals surface area contributed by atoms with Crippen LogP contribution in [-0.2, 0) is 11.2 Å². The number of amides is 2. The molecule has 0 heterocycles. The molecule has 0 bridgehead atoms. The van der Waals surface area contributed by atoms with E-state index in [4.69, 9.17) is 0 Å². The van der Waals surface area contributed by atoms with Gasteiger partial charge in [-0.25, -0.2) is 0 Å². The molecule has 0 radical (unpaired) electrons. The van der Waals surface area contributed by atoms with Crippen LogP contribution in [0.5, 0.6) is 0 Å². The molecule has 2 amide bonds. The summed E-state index contributed by atoms with van der Waals surface area (Å²) in [6.07, 6.45) is 3.30. The van der Waals surface area contributed by atoms with Crippen molar-refractivity contribution in [3.63, 3.8) is 0 Å². The minimum atomic E-state index is -0.0924. The minimum Gasteiger partial charge on any atom is -0.355 e. The Hall–Kier alpha value is -1.59. The second-order valence-electron chi connectivity index (χ2n) is 5.45. The van der Waals surface area contributed by atoms with Gasteiger partial charge in [0.2, 0.25) is 5.91 Å². The van der Waals surface area contributed by atoms with Crippen LogP contribution in [0.1, 0.15) is 28.8 Å². The van der Waals surface area contributed by atoms with Gasteiger partial charge in [0.15, 0.2) is 0 Å². The summed E-state index contributed by atoms with van der Waals surface area (Å²) in [5, 5.41) is 8.65. The molecular weight excluding hydrogens is 302 g/mol. The van der Waals surface area contributed by atoms with E-state index in [0.717, 1.165) is 24.4 Å². The van der Waals surface area contributed by atoms with E-state index in [1.165, 1.54) is 12.8 Å². The molecular formula is C16H24ClN3O2. The molecule has 1 aromatic rings. The van der Waals surface area contributed by atoms with Gasteiger partial charge in [0.1, 0.15) is 0 Å². The smallest absolute Gasteiger partial charge is 0.251 e. The van der Waals surface area contributed by atoms with E-state index in [9.17, 15) is 9.59 Å². The Bertz CT molecular complexity index is 504. The fraction of sp³-hybridized carbons (Fsp3) is 0.500. The van der Waals surface area contributed by atoms with E-state index in [1.807, 2.05) is 18.2 Å². The number of carbonyl (C=O) groups excluding carboxylic acids is 2. The monoisotopic (exact) mass is 325 g/mol.